The first-order chi connectivity index (χ1) is 9.40. The first kappa shape index (κ1) is 16.4. The van der Waals surface area contributed by atoms with E-state index in [1.807, 2.05) is 27.7 Å². The van der Waals surface area contributed by atoms with E-state index in [0.717, 1.165) is 0 Å². The molecule has 0 aliphatic heterocycles. The van der Waals surface area contributed by atoms with Crippen molar-refractivity contribution in [2.24, 2.45) is 16.6 Å². The van der Waals surface area contributed by atoms with Gasteiger partial charge in [-0.3, -0.25) is 0 Å². The first-order valence-electron chi connectivity index (χ1n) is 6.95. The van der Waals surface area contributed by atoms with Crippen LogP contribution in [-0.2, 0) is 10.0 Å². The lowest BCUT2D eigenvalue weighted by Crippen LogP contribution is -2.75. The van der Waals surface area contributed by atoms with Crippen LogP contribution >= 0.6 is 0 Å². The van der Waals surface area contributed by atoms with Crippen LogP contribution in [0.15, 0.2) is 23.1 Å². The summed E-state index contributed by atoms with van der Waals surface area (Å²) >= 11 is 0. The lowest BCUT2D eigenvalue weighted by Gasteiger charge is -2.62. The molecule has 0 radical (unpaired) electrons. The molecular formula is C15H23FN2O2S. The van der Waals surface area contributed by atoms with E-state index in [0.29, 0.717) is 5.56 Å². The number of rotatable bonds is 3. The van der Waals surface area contributed by atoms with Crippen LogP contribution in [0.25, 0.3) is 0 Å². The highest BCUT2D eigenvalue weighted by atomic mass is 32.2. The zero-order valence-electron chi connectivity index (χ0n) is 13.1. The van der Waals surface area contributed by atoms with E-state index in [1.54, 1.807) is 13.0 Å². The summed E-state index contributed by atoms with van der Waals surface area (Å²) in [5.41, 5.74) is 6.07. The van der Waals surface area contributed by atoms with Gasteiger partial charge in [-0.15, -0.1) is 0 Å². The Kier molecular flexibility index (Phi) is 3.72. The Balaban J connectivity index is 2.37. The van der Waals surface area contributed by atoms with Crippen molar-refractivity contribution in [1.82, 2.24) is 4.72 Å². The fraction of sp³-hybridized carbons (Fsp3) is 0.600. The van der Waals surface area contributed by atoms with Crippen LogP contribution in [0.5, 0.6) is 0 Å². The van der Waals surface area contributed by atoms with E-state index in [9.17, 15) is 12.8 Å². The Morgan fingerprint density at radius 2 is 1.71 bits per heavy atom. The average Bonchev–Trinajstić information content (AvgIpc) is 2.37. The maximum absolute atomic E-state index is 13.9. The highest BCUT2D eigenvalue weighted by Gasteiger charge is 2.61. The van der Waals surface area contributed by atoms with E-state index in [2.05, 4.69) is 4.72 Å². The van der Waals surface area contributed by atoms with Crippen LogP contribution in [0.1, 0.15) is 33.3 Å². The lowest BCUT2D eigenvalue weighted by atomic mass is 9.49. The zero-order chi connectivity index (χ0) is 16.2. The molecule has 1 fully saturated rings. The number of nitrogens with one attached hydrogen (secondary N) is 1. The molecule has 0 atom stereocenters. The molecule has 118 valence electrons. The van der Waals surface area contributed by atoms with Gasteiger partial charge in [-0.05, 0) is 35.4 Å². The molecule has 0 heterocycles. The van der Waals surface area contributed by atoms with Gasteiger partial charge in [0.2, 0.25) is 10.0 Å². The average molecular weight is 314 g/mol. The molecule has 0 spiro atoms. The van der Waals surface area contributed by atoms with E-state index >= 15 is 0 Å². The van der Waals surface area contributed by atoms with Crippen LogP contribution in [-0.4, -0.2) is 20.5 Å². The maximum Gasteiger partial charge on any atom is 0.243 e. The summed E-state index contributed by atoms with van der Waals surface area (Å²) in [6, 6.07) is 3.59. The summed E-state index contributed by atoms with van der Waals surface area (Å²) in [6.07, 6.45) is 0. The van der Waals surface area contributed by atoms with Crippen LogP contribution < -0.4 is 10.5 Å². The molecule has 4 nitrogen and oxygen atoms in total. The van der Waals surface area contributed by atoms with Crippen LogP contribution in [0.4, 0.5) is 4.39 Å². The molecule has 1 aromatic carbocycles. The molecule has 6 heteroatoms. The van der Waals surface area contributed by atoms with E-state index in [1.165, 1.54) is 12.1 Å². The minimum absolute atomic E-state index is 0.125. The molecule has 21 heavy (non-hydrogen) atoms. The quantitative estimate of drug-likeness (QED) is 0.898. The van der Waals surface area contributed by atoms with Crippen LogP contribution in [0.3, 0.4) is 0 Å². The van der Waals surface area contributed by atoms with Gasteiger partial charge in [-0.2, -0.15) is 0 Å². The highest BCUT2D eigenvalue weighted by molar-refractivity contribution is 7.89. The van der Waals surface area contributed by atoms with Gasteiger partial charge < -0.3 is 5.73 Å². The Labute approximate surface area is 126 Å². The van der Waals surface area contributed by atoms with Crippen molar-refractivity contribution >= 4 is 10.0 Å². The van der Waals surface area contributed by atoms with E-state index in [-0.39, 0.29) is 27.8 Å². The molecule has 0 aromatic heterocycles. The van der Waals surface area contributed by atoms with Crippen LogP contribution in [0, 0.1) is 23.6 Å². The SMILES string of the molecule is Cc1ccc(F)c(S(=O)(=O)NC2C(C)(C)C(N)C2(C)C)c1. The van der Waals surface area contributed by atoms with Crippen molar-refractivity contribution in [1.29, 1.82) is 0 Å². The number of halogens is 1. The number of benzene rings is 1. The third-order valence-electron chi connectivity index (χ3n) is 4.74. The fourth-order valence-corrected chi connectivity index (χ4v) is 5.23. The second-order valence-corrected chi connectivity index (χ2v) is 8.79. The molecule has 1 aliphatic rings. The smallest absolute Gasteiger partial charge is 0.243 e. The molecular weight excluding hydrogens is 291 g/mol. The van der Waals surface area contributed by atoms with Crippen molar-refractivity contribution in [3.8, 4) is 0 Å². The standard InChI is InChI=1S/C15H23FN2O2S/c1-9-6-7-10(16)11(8-9)21(19,20)18-13-14(2,3)12(17)15(13,4)5/h6-8,12-13,18H,17H2,1-5H3. The number of nitrogens with two attached hydrogens (primary N) is 1. The predicted molar refractivity (Wildman–Crippen MR) is 80.8 cm³/mol. The van der Waals surface area contributed by atoms with Gasteiger partial charge in [-0.1, -0.05) is 33.8 Å². The largest absolute Gasteiger partial charge is 0.327 e. The normalized spacial score (nSPS) is 27.2. The number of aryl methyl sites for hydroxylation is 1. The fourth-order valence-electron chi connectivity index (χ4n) is 3.52. The second kappa shape index (κ2) is 4.76. The van der Waals surface area contributed by atoms with Gasteiger partial charge in [0.05, 0.1) is 0 Å². The second-order valence-electron chi connectivity index (χ2n) is 7.11. The van der Waals surface area contributed by atoms with E-state index in [4.69, 9.17) is 5.73 Å². The Hall–Kier alpha value is -0.980. The molecule has 2 rings (SSSR count). The van der Waals surface area contributed by atoms with Crippen molar-refractivity contribution in [2.75, 3.05) is 0 Å². The Morgan fingerprint density at radius 3 is 2.24 bits per heavy atom. The minimum atomic E-state index is -3.92. The molecule has 0 unspecified atom stereocenters. The van der Waals surface area contributed by atoms with Crippen LogP contribution in [0.2, 0.25) is 0 Å². The highest BCUT2D eigenvalue weighted by Crippen LogP contribution is 2.53. The van der Waals surface area contributed by atoms with Gasteiger partial charge in [0.1, 0.15) is 10.7 Å². The summed E-state index contributed by atoms with van der Waals surface area (Å²) in [7, 11) is -3.92. The van der Waals surface area contributed by atoms with Crippen molar-refractivity contribution < 1.29 is 12.8 Å². The third-order valence-corrected chi connectivity index (χ3v) is 6.18. The summed E-state index contributed by atoms with van der Waals surface area (Å²) < 4.78 is 41.5. The Morgan fingerprint density at radius 1 is 1.19 bits per heavy atom. The number of sulfonamides is 1. The maximum atomic E-state index is 13.9. The minimum Gasteiger partial charge on any atom is -0.327 e. The lowest BCUT2D eigenvalue weighted by molar-refractivity contribution is -0.0593. The van der Waals surface area contributed by atoms with Gasteiger partial charge in [0, 0.05) is 12.1 Å². The van der Waals surface area contributed by atoms with Crippen molar-refractivity contribution in [3.05, 3.63) is 29.6 Å². The summed E-state index contributed by atoms with van der Waals surface area (Å²) in [5, 5.41) is 0. The van der Waals surface area contributed by atoms with Gasteiger partial charge >= 0.3 is 0 Å². The molecule has 0 bridgehead atoms. The molecule has 0 saturated heterocycles. The molecule has 1 aliphatic carbocycles. The third kappa shape index (κ3) is 2.49. The van der Waals surface area contributed by atoms with Gasteiger partial charge in [-0.25, -0.2) is 17.5 Å². The van der Waals surface area contributed by atoms with Crippen molar-refractivity contribution in [3.63, 3.8) is 0 Å². The predicted octanol–water partition coefficient (Wildman–Crippen LogP) is 2.17. The molecule has 3 N–H and O–H groups in total. The van der Waals surface area contributed by atoms with Gasteiger partial charge in [0.15, 0.2) is 0 Å². The number of hydrogen-bond acceptors (Lipinski definition) is 3. The zero-order valence-corrected chi connectivity index (χ0v) is 13.9. The molecule has 1 saturated carbocycles. The first-order valence-corrected chi connectivity index (χ1v) is 8.43. The Bertz CT molecular complexity index is 652. The van der Waals surface area contributed by atoms with E-state index < -0.39 is 15.8 Å². The molecule has 1 aromatic rings. The topological polar surface area (TPSA) is 72.2 Å². The van der Waals surface area contributed by atoms with Crippen molar-refractivity contribution in [2.45, 2.75) is 51.6 Å². The number of hydrogen-bond donors (Lipinski definition) is 2. The molecule has 0 amide bonds. The monoisotopic (exact) mass is 314 g/mol. The van der Waals surface area contributed by atoms with Gasteiger partial charge in [0.25, 0.3) is 0 Å². The summed E-state index contributed by atoms with van der Waals surface area (Å²) in [6.45, 7) is 9.41. The summed E-state index contributed by atoms with van der Waals surface area (Å²) in [4.78, 5) is -0.311. The summed E-state index contributed by atoms with van der Waals surface area (Å²) in [5.74, 6) is -0.743.